The first-order valence-electron chi connectivity index (χ1n) is 6.53. The summed E-state index contributed by atoms with van der Waals surface area (Å²) >= 11 is 1.88. The van der Waals surface area contributed by atoms with E-state index in [0.29, 0.717) is 5.92 Å². The lowest BCUT2D eigenvalue weighted by Crippen LogP contribution is -1.92. The molecule has 1 aromatic rings. The molecule has 0 spiro atoms. The molecule has 1 rings (SSSR count). The Hall–Kier alpha value is -0.900. The minimum Gasteiger partial charge on any atom is -0.372 e. The van der Waals surface area contributed by atoms with Gasteiger partial charge in [0.05, 0.1) is 10.7 Å². The average Bonchev–Trinajstić information content (AvgIpc) is 2.64. The van der Waals surface area contributed by atoms with Crippen LogP contribution < -0.4 is 5.73 Å². The molecule has 0 saturated heterocycles. The minimum atomic E-state index is 0.250. The molecule has 0 atom stereocenters. The van der Waals surface area contributed by atoms with E-state index < -0.39 is 0 Å². The molecule has 0 saturated carbocycles. The zero-order valence-corrected chi connectivity index (χ0v) is 13.6. The van der Waals surface area contributed by atoms with E-state index in [1.807, 2.05) is 25.2 Å². The van der Waals surface area contributed by atoms with Crippen LogP contribution in [0.25, 0.3) is 0 Å². The number of nitrogens with zero attached hydrogens (tertiary/aromatic N) is 1. The van der Waals surface area contributed by atoms with Crippen LogP contribution in [0.15, 0.2) is 0 Å². The van der Waals surface area contributed by atoms with E-state index in [9.17, 15) is 0 Å². The summed E-state index contributed by atoms with van der Waals surface area (Å²) in [5.74, 6) is 1.31. The molecule has 18 heavy (non-hydrogen) atoms. The van der Waals surface area contributed by atoms with Crippen LogP contribution in [0, 0.1) is 12.8 Å². The van der Waals surface area contributed by atoms with Gasteiger partial charge in [0.15, 0.2) is 0 Å². The number of aromatic nitrogens is 1. The third-order valence-electron chi connectivity index (χ3n) is 2.00. The van der Waals surface area contributed by atoms with E-state index in [2.05, 4.69) is 45.3 Å². The Morgan fingerprint density at radius 3 is 2.00 bits per heavy atom. The van der Waals surface area contributed by atoms with Gasteiger partial charge < -0.3 is 5.73 Å². The van der Waals surface area contributed by atoms with E-state index in [0.717, 1.165) is 5.92 Å². The number of carbonyl (C=O) groups is 1. The molecule has 0 unspecified atom stereocenters. The van der Waals surface area contributed by atoms with Gasteiger partial charge in [0.1, 0.15) is 0 Å². The van der Waals surface area contributed by atoms with Crippen molar-refractivity contribution < 1.29 is 4.79 Å². The summed E-state index contributed by atoms with van der Waals surface area (Å²) in [7, 11) is 0. The Balaban J connectivity index is 0. The van der Waals surface area contributed by atoms with Gasteiger partial charge in [0, 0.05) is 10.8 Å². The van der Waals surface area contributed by atoms with Crippen molar-refractivity contribution >= 4 is 17.7 Å². The monoisotopic (exact) mass is 272 g/mol. The number of thiazole rings is 1. The highest BCUT2D eigenvalue weighted by molar-refractivity contribution is 7.11. The second-order valence-corrected chi connectivity index (χ2v) is 5.56. The number of carbonyl (C=O) groups excluding carboxylic acids is 1. The Labute approximate surface area is 116 Å². The van der Waals surface area contributed by atoms with Gasteiger partial charge in [-0.1, -0.05) is 41.5 Å². The first-order valence-corrected chi connectivity index (χ1v) is 7.35. The van der Waals surface area contributed by atoms with E-state index >= 15 is 0 Å². The standard InChI is InChI=1S/C11H19NS.C2H6.CH3NO/c1-7(2)6-10-9(5)12-11(13-10)8(3)4;1-2;2-1-3/h7-8H,6H2,1-5H3;1-2H3;1H,(H2,2,3). The number of hydrogen-bond donors (Lipinski definition) is 1. The molecule has 0 aliphatic rings. The van der Waals surface area contributed by atoms with Crippen LogP contribution in [0.4, 0.5) is 0 Å². The van der Waals surface area contributed by atoms with Crippen molar-refractivity contribution in [3.05, 3.63) is 15.6 Å². The largest absolute Gasteiger partial charge is 0.372 e. The van der Waals surface area contributed by atoms with E-state index in [4.69, 9.17) is 4.79 Å². The topological polar surface area (TPSA) is 56.0 Å². The molecule has 0 fully saturated rings. The quantitative estimate of drug-likeness (QED) is 0.848. The van der Waals surface area contributed by atoms with Crippen molar-refractivity contribution in [1.82, 2.24) is 4.98 Å². The lowest BCUT2D eigenvalue weighted by molar-refractivity contribution is -0.106. The third-order valence-corrected chi connectivity index (χ3v) is 3.48. The van der Waals surface area contributed by atoms with Crippen LogP contribution in [0.5, 0.6) is 0 Å². The Bertz CT molecular complexity index is 320. The van der Waals surface area contributed by atoms with Crippen LogP contribution in [0.2, 0.25) is 0 Å². The molecule has 2 N–H and O–H groups in total. The lowest BCUT2D eigenvalue weighted by Gasteiger charge is -2.01. The molecule has 0 aliphatic heterocycles. The van der Waals surface area contributed by atoms with Gasteiger partial charge in [-0.3, -0.25) is 4.79 Å². The van der Waals surface area contributed by atoms with Crippen molar-refractivity contribution in [2.24, 2.45) is 11.7 Å². The number of amides is 1. The molecule has 0 aliphatic carbocycles. The lowest BCUT2D eigenvalue weighted by atomic mass is 10.1. The summed E-state index contributed by atoms with van der Waals surface area (Å²) in [4.78, 5) is 14.6. The van der Waals surface area contributed by atoms with Crippen LogP contribution in [-0.2, 0) is 11.2 Å². The normalized spacial score (nSPS) is 9.39. The van der Waals surface area contributed by atoms with Crippen molar-refractivity contribution in [3.8, 4) is 0 Å². The minimum absolute atomic E-state index is 0.250. The summed E-state index contributed by atoms with van der Waals surface area (Å²) in [6.45, 7) is 15.1. The molecule has 1 aromatic heterocycles. The predicted octanol–water partition coefficient (Wildman–Crippen LogP) is 3.90. The Morgan fingerprint density at radius 2 is 1.72 bits per heavy atom. The molecular formula is C14H28N2OS. The fourth-order valence-electron chi connectivity index (χ4n) is 1.26. The summed E-state index contributed by atoms with van der Waals surface area (Å²) in [5, 5.41) is 1.29. The summed E-state index contributed by atoms with van der Waals surface area (Å²) in [6, 6.07) is 0. The number of primary amides is 1. The molecule has 1 amide bonds. The number of hydrogen-bond acceptors (Lipinski definition) is 3. The first kappa shape index (κ1) is 19.4. The zero-order valence-electron chi connectivity index (χ0n) is 12.8. The van der Waals surface area contributed by atoms with Crippen LogP contribution in [0.1, 0.15) is 63.0 Å². The van der Waals surface area contributed by atoms with E-state index in [1.54, 1.807) is 0 Å². The molecule has 1 heterocycles. The second-order valence-electron chi connectivity index (χ2n) is 4.45. The van der Waals surface area contributed by atoms with Gasteiger partial charge in [0.2, 0.25) is 6.41 Å². The summed E-state index contributed by atoms with van der Waals surface area (Å²) in [6.07, 6.45) is 1.43. The van der Waals surface area contributed by atoms with E-state index in [1.165, 1.54) is 22.0 Å². The molecule has 0 bridgehead atoms. The van der Waals surface area contributed by atoms with Gasteiger partial charge in [-0.05, 0) is 19.3 Å². The average molecular weight is 272 g/mol. The van der Waals surface area contributed by atoms with Crippen molar-refractivity contribution in [2.45, 2.75) is 60.8 Å². The van der Waals surface area contributed by atoms with Crippen molar-refractivity contribution in [1.29, 1.82) is 0 Å². The highest BCUT2D eigenvalue weighted by Crippen LogP contribution is 2.26. The van der Waals surface area contributed by atoms with Gasteiger partial charge in [-0.25, -0.2) is 4.98 Å². The number of rotatable bonds is 3. The first-order chi connectivity index (χ1) is 8.42. The van der Waals surface area contributed by atoms with Crippen molar-refractivity contribution in [2.75, 3.05) is 0 Å². The second kappa shape index (κ2) is 11.2. The molecule has 4 heteroatoms. The Morgan fingerprint density at radius 1 is 1.28 bits per heavy atom. The van der Waals surface area contributed by atoms with Crippen LogP contribution >= 0.6 is 11.3 Å². The maximum absolute atomic E-state index is 8.58. The summed E-state index contributed by atoms with van der Waals surface area (Å²) < 4.78 is 0. The third kappa shape index (κ3) is 8.23. The molecule has 0 radical (unpaired) electrons. The molecule has 0 aromatic carbocycles. The maximum atomic E-state index is 8.58. The fourth-order valence-corrected chi connectivity index (χ4v) is 2.54. The highest BCUT2D eigenvalue weighted by atomic mass is 32.1. The van der Waals surface area contributed by atoms with Crippen LogP contribution in [-0.4, -0.2) is 11.4 Å². The fraction of sp³-hybridized carbons (Fsp3) is 0.714. The maximum Gasteiger partial charge on any atom is 0.204 e. The zero-order chi connectivity index (χ0) is 14.7. The molecule has 3 nitrogen and oxygen atoms in total. The Kier molecular flexibility index (Phi) is 12.1. The number of aryl methyl sites for hydroxylation is 1. The molecular weight excluding hydrogens is 244 g/mol. The SMILES string of the molecule is CC.Cc1nc(C(C)C)sc1CC(C)C.NC=O. The highest BCUT2D eigenvalue weighted by Gasteiger charge is 2.10. The number of nitrogens with two attached hydrogens (primary N) is 1. The molecule has 106 valence electrons. The predicted molar refractivity (Wildman–Crippen MR) is 81.1 cm³/mol. The van der Waals surface area contributed by atoms with Crippen molar-refractivity contribution in [3.63, 3.8) is 0 Å². The van der Waals surface area contributed by atoms with Gasteiger partial charge >= 0.3 is 0 Å². The van der Waals surface area contributed by atoms with Gasteiger partial charge in [-0.2, -0.15) is 0 Å². The smallest absolute Gasteiger partial charge is 0.204 e. The van der Waals surface area contributed by atoms with Crippen LogP contribution in [0.3, 0.4) is 0 Å². The summed E-state index contributed by atoms with van der Waals surface area (Å²) in [5.41, 5.74) is 5.41. The van der Waals surface area contributed by atoms with E-state index in [-0.39, 0.29) is 6.41 Å². The van der Waals surface area contributed by atoms with Gasteiger partial charge in [0.25, 0.3) is 0 Å². The van der Waals surface area contributed by atoms with Gasteiger partial charge in [-0.15, -0.1) is 11.3 Å².